The molecule has 0 aromatic carbocycles. The van der Waals surface area contributed by atoms with Crippen LogP contribution < -0.4 is 16.4 Å². The van der Waals surface area contributed by atoms with Crippen molar-refractivity contribution in [2.24, 2.45) is 5.73 Å². The molecule has 1 aliphatic heterocycles. The summed E-state index contributed by atoms with van der Waals surface area (Å²) in [6, 6.07) is -1.61. The minimum absolute atomic E-state index is 0.0101. The number of nitrogens with two attached hydrogens (primary N) is 1. The number of hydrogen-bond acceptors (Lipinski definition) is 4. The van der Waals surface area contributed by atoms with Crippen LogP contribution in [0.1, 0.15) is 32.6 Å². The molecule has 8 heteroatoms. The molecule has 8 nitrogen and oxygen atoms in total. The number of piperidine rings is 1. The van der Waals surface area contributed by atoms with E-state index in [1.165, 1.54) is 0 Å². The van der Waals surface area contributed by atoms with Crippen LogP contribution in [0.15, 0.2) is 0 Å². The maximum atomic E-state index is 11.8. The Hall–Kier alpha value is -1.83. The number of primary amides is 1. The maximum Gasteiger partial charge on any atom is 0.326 e. The van der Waals surface area contributed by atoms with Gasteiger partial charge in [0.05, 0.1) is 0 Å². The Morgan fingerprint density at radius 2 is 2.14 bits per heavy atom. The summed E-state index contributed by atoms with van der Waals surface area (Å²) in [7, 11) is 0. The zero-order valence-electron chi connectivity index (χ0n) is 12.3. The van der Waals surface area contributed by atoms with Gasteiger partial charge in [0, 0.05) is 19.0 Å². The van der Waals surface area contributed by atoms with Crippen LogP contribution in [0.3, 0.4) is 0 Å². The van der Waals surface area contributed by atoms with Gasteiger partial charge in [0.15, 0.2) is 0 Å². The first-order valence-corrected chi connectivity index (χ1v) is 7.22. The average molecular weight is 300 g/mol. The number of carbonyl (C=O) groups excluding carboxylic acids is 2. The molecule has 1 rings (SSSR count). The number of nitrogens with one attached hydrogen (secondary N) is 2. The quantitative estimate of drug-likeness (QED) is 0.504. The standard InChI is InChI=1S/C13H24N4O4/c1-2-17-7-3-4-9(8-17)15-13(21)16-10(12(19)20)5-6-11(14)18/h9-10H,2-8H2,1H3,(H2,14,18)(H,19,20)(H2,15,16,21). The molecule has 2 atom stereocenters. The number of hydrogen-bond donors (Lipinski definition) is 4. The molecule has 0 aromatic heterocycles. The molecule has 120 valence electrons. The fraction of sp³-hybridized carbons (Fsp3) is 0.769. The minimum atomic E-state index is -1.18. The van der Waals surface area contributed by atoms with Gasteiger partial charge in [-0.3, -0.25) is 4.79 Å². The molecule has 1 fully saturated rings. The highest BCUT2D eigenvalue weighted by atomic mass is 16.4. The van der Waals surface area contributed by atoms with E-state index in [-0.39, 0.29) is 18.9 Å². The molecule has 0 radical (unpaired) electrons. The molecule has 1 saturated heterocycles. The number of carboxylic acid groups (broad SMARTS) is 1. The summed E-state index contributed by atoms with van der Waals surface area (Å²) in [5.41, 5.74) is 4.99. The van der Waals surface area contributed by atoms with Crippen molar-refractivity contribution in [2.45, 2.75) is 44.7 Å². The maximum absolute atomic E-state index is 11.8. The van der Waals surface area contributed by atoms with Crippen molar-refractivity contribution in [2.75, 3.05) is 19.6 Å². The van der Waals surface area contributed by atoms with Crippen LogP contribution in [0.25, 0.3) is 0 Å². The van der Waals surface area contributed by atoms with Gasteiger partial charge in [-0.1, -0.05) is 6.92 Å². The molecule has 0 saturated carbocycles. The summed E-state index contributed by atoms with van der Waals surface area (Å²) in [4.78, 5) is 35.8. The highest BCUT2D eigenvalue weighted by Gasteiger charge is 2.24. The highest BCUT2D eigenvalue weighted by Crippen LogP contribution is 2.09. The number of likely N-dealkylation sites (tertiary alicyclic amines) is 1. The van der Waals surface area contributed by atoms with E-state index in [1.54, 1.807) is 0 Å². The Bertz CT molecular complexity index is 388. The van der Waals surface area contributed by atoms with E-state index < -0.39 is 23.9 Å². The largest absolute Gasteiger partial charge is 0.480 e. The first kappa shape index (κ1) is 17.2. The Kier molecular flexibility index (Phi) is 6.93. The third-order valence-electron chi connectivity index (χ3n) is 3.57. The van der Waals surface area contributed by atoms with Crippen molar-refractivity contribution in [3.63, 3.8) is 0 Å². The molecule has 2 unspecified atom stereocenters. The third kappa shape index (κ3) is 6.44. The second-order valence-electron chi connectivity index (χ2n) is 5.25. The van der Waals surface area contributed by atoms with Gasteiger partial charge in [0.1, 0.15) is 6.04 Å². The van der Waals surface area contributed by atoms with Crippen molar-refractivity contribution >= 4 is 17.9 Å². The summed E-state index contributed by atoms with van der Waals surface area (Å²) < 4.78 is 0. The zero-order valence-corrected chi connectivity index (χ0v) is 12.3. The van der Waals surface area contributed by atoms with Crippen LogP contribution in [0.4, 0.5) is 4.79 Å². The van der Waals surface area contributed by atoms with Crippen molar-refractivity contribution in [3.05, 3.63) is 0 Å². The first-order chi connectivity index (χ1) is 9.92. The number of amides is 3. The fourth-order valence-electron chi connectivity index (χ4n) is 2.39. The van der Waals surface area contributed by atoms with Gasteiger partial charge in [-0.25, -0.2) is 9.59 Å². The minimum Gasteiger partial charge on any atom is -0.480 e. The Labute approximate surface area is 124 Å². The normalized spacial score (nSPS) is 20.5. The topological polar surface area (TPSA) is 125 Å². The van der Waals surface area contributed by atoms with Crippen LogP contribution in [0, 0.1) is 0 Å². The predicted molar refractivity (Wildman–Crippen MR) is 76.7 cm³/mol. The van der Waals surface area contributed by atoms with E-state index in [2.05, 4.69) is 22.5 Å². The number of likely N-dealkylation sites (N-methyl/N-ethyl adjacent to an activating group) is 1. The monoisotopic (exact) mass is 300 g/mol. The molecule has 0 aromatic rings. The first-order valence-electron chi connectivity index (χ1n) is 7.22. The molecule has 3 amide bonds. The van der Waals surface area contributed by atoms with E-state index in [0.717, 1.165) is 32.5 Å². The molecular weight excluding hydrogens is 276 g/mol. The van der Waals surface area contributed by atoms with E-state index in [0.29, 0.717) is 0 Å². The molecular formula is C13H24N4O4. The zero-order chi connectivity index (χ0) is 15.8. The lowest BCUT2D eigenvalue weighted by molar-refractivity contribution is -0.139. The summed E-state index contributed by atoms with van der Waals surface area (Å²) in [6.45, 7) is 4.78. The second kappa shape index (κ2) is 8.46. The molecule has 5 N–H and O–H groups in total. The molecule has 0 spiro atoms. The number of urea groups is 1. The third-order valence-corrected chi connectivity index (χ3v) is 3.57. The van der Waals surface area contributed by atoms with E-state index in [9.17, 15) is 14.4 Å². The van der Waals surface area contributed by atoms with Gasteiger partial charge in [-0.2, -0.15) is 0 Å². The Balaban J connectivity index is 2.42. The smallest absolute Gasteiger partial charge is 0.326 e. The Morgan fingerprint density at radius 1 is 1.43 bits per heavy atom. The SMILES string of the molecule is CCN1CCCC(NC(=O)NC(CCC(N)=O)C(=O)O)C1. The molecule has 0 bridgehead atoms. The fourth-order valence-corrected chi connectivity index (χ4v) is 2.39. The van der Waals surface area contributed by atoms with E-state index >= 15 is 0 Å². The summed E-state index contributed by atoms with van der Waals surface area (Å²) in [6.07, 6.45) is 1.79. The number of nitrogens with zero attached hydrogens (tertiary/aromatic N) is 1. The lowest BCUT2D eigenvalue weighted by atomic mass is 10.1. The van der Waals surface area contributed by atoms with Gasteiger partial charge in [-0.15, -0.1) is 0 Å². The number of aliphatic carboxylic acids is 1. The molecule has 0 aliphatic carbocycles. The van der Waals surface area contributed by atoms with E-state index in [4.69, 9.17) is 10.8 Å². The van der Waals surface area contributed by atoms with Crippen molar-refractivity contribution in [1.29, 1.82) is 0 Å². The second-order valence-corrected chi connectivity index (χ2v) is 5.25. The number of carbonyl (C=O) groups is 3. The Morgan fingerprint density at radius 3 is 2.71 bits per heavy atom. The van der Waals surface area contributed by atoms with Gasteiger partial charge >= 0.3 is 12.0 Å². The van der Waals surface area contributed by atoms with Gasteiger partial charge in [0.25, 0.3) is 0 Å². The molecule has 1 heterocycles. The van der Waals surface area contributed by atoms with Gasteiger partial charge in [0.2, 0.25) is 5.91 Å². The van der Waals surface area contributed by atoms with Crippen LogP contribution >= 0.6 is 0 Å². The van der Waals surface area contributed by atoms with Crippen LogP contribution in [-0.2, 0) is 9.59 Å². The summed E-state index contributed by atoms with van der Waals surface area (Å²) in [5.74, 6) is -1.76. The van der Waals surface area contributed by atoms with Crippen LogP contribution in [0.5, 0.6) is 0 Å². The lowest BCUT2D eigenvalue weighted by Crippen LogP contribution is -2.53. The highest BCUT2D eigenvalue weighted by molar-refractivity contribution is 5.83. The van der Waals surface area contributed by atoms with Gasteiger partial charge < -0.3 is 26.4 Å². The summed E-state index contributed by atoms with van der Waals surface area (Å²) in [5, 5.41) is 14.2. The lowest BCUT2D eigenvalue weighted by Gasteiger charge is -2.32. The number of rotatable bonds is 7. The summed E-state index contributed by atoms with van der Waals surface area (Å²) >= 11 is 0. The number of carboxylic acids is 1. The van der Waals surface area contributed by atoms with E-state index in [1.807, 2.05) is 0 Å². The molecule has 21 heavy (non-hydrogen) atoms. The molecule has 1 aliphatic rings. The van der Waals surface area contributed by atoms with Crippen LogP contribution in [-0.4, -0.2) is 59.6 Å². The van der Waals surface area contributed by atoms with Crippen LogP contribution in [0.2, 0.25) is 0 Å². The average Bonchev–Trinajstić information content (AvgIpc) is 2.43. The van der Waals surface area contributed by atoms with Crippen molar-refractivity contribution < 1.29 is 19.5 Å². The van der Waals surface area contributed by atoms with Crippen molar-refractivity contribution in [1.82, 2.24) is 15.5 Å². The van der Waals surface area contributed by atoms with Gasteiger partial charge in [-0.05, 0) is 32.4 Å². The van der Waals surface area contributed by atoms with Crippen molar-refractivity contribution in [3.8, 4) is 0 Å². The predicted octanol–water partition coefficient (Wildman–Crippen LogP) is -0.511.